The molecule has 5 heteroatoms. The van der Waals surface area contributed by atoms with Crippen molar-refractivity contribution in [1.29, 1.82) is 0 Å². The molecule has 36 heavy (non-hydrogen) atoms. The SMILES string of the molecule is O=c1nc(-c2cccc3oc4ccccc4c23)nc2cc(-c3ccccc3)cc(-c3ccccc3)n12. The van der Waals surface area contributed by atoms with Crippen LogP contribution in [0.5, 0.6) is 0 Å². The minimum atomic E-state index is -0.377. The van der Waals surface area contributed by atoms with Gasteiger partial charge in [0.2, 0.25) is 0 Å². The van der Waals surface area contributed by atoms with Crippen molar-refractivity contribution in [3.05, 3.63) is 126 Å². The third kappa shape index (κ3) is 3.21. The Morgan fingerprint density at radius 2 is 1.31 bits per heavy atom. The van der Waals surface area contributed by atoms with E-state index in [1.54, 1.807) is 4.40 Å². The Bertz CT molecular complexity index is 1960. The van der Waals surface area contributed by atoms with Crippen molar-refractivity contribution in [2.24, 2.45) is 0 Å². The zero-order valence-electron chi connectivity index (χ0n) is 19.1. The normalized spacial score (nSPS) is 11.4. The summed E-state index contributed by atoms with van der Waals surface area (Å²) in [4.78, 5) is 22.9. The number of hydrogen-bond acceptors (Lipinski definition) is 4. The molecule has 5 nitrogen and oxygen atoms in total. The molecule has 0 bridgehead atoms. The highest BCUT2D eigenvalue weighted by Gasteiger charge is 2.17. The first-order valence-corrected chi connectivity index (χ1v) is 11.7. The smallest absolute Gasteiger partial charge is 0.355 e. The molecule has 170 valence electrons. The van der Waals surface area contributed by atoms with E-state index in [4.69, 9.17) is 9.40 Å². The Kier molecular flexibility index (Phi) is 4.54. The molecule has 3 aromatic heterocycles. The van der Waals surface area contributed by atoms with Crippen molar-refractivity contribution in [3.63, 3.8) is 0 Å². The summed E-state index contributed by atoms with van der Waals surface area (Å²) in [6.45, 7) is 0. The van der Waals surface area contributed by atoms with Crippen LogP contribution in [-0.4, -0.2) is 14.4 Å². The van der Waals surface area contributed by atoms with Gasteiger partial charge in [0.15, 0.2) is 5.82 Å². The largest absolute Gasteiger partial charge is 0.456 e. The summed E-state index contributed by atoms with van der Waals surface area (Å²) in [5.41, 5.74) is 6.14. The van der Waals surface area contributed by atoms with Crippen molar-refractivity contribution in [1.82, 2.24) is 14.4 Å². The number of nitrogens with zero attached hydrogens (tertiary/aromatic N) is 3. The van der Waals surface area contributed by atoms with E-state index in [2.05, 4.69) is 17.1 Å². The Balaban J connectivity index is 1.55. The molecule has 0 aliphatic rings. The van der Waals surface area contributed by atoms with E-state index in [0.29, 0.717) is 11.5 Å². The van der Waals surface area contributed by atoms with Crippen molar-refractivity contribution >= 4 is 27.6 Å². The molecule has 0 atom stereocenters. The summed E-state index contributed by atoms with van der Waals surface area (Å²) in [6, 6.07) is 37.6. The number of para-hydroxylation sites is 1. The van der Waals surface area contributed by atoms with Gasteiger partial charge in [0.1, 0.15) is 16.8 Å². The lowest BCUT2D eigenvalue weighted by atomic mass is 10.0. The predicted molar refractivity (Wildman–Crippen MR) is 143 cm³/mol. The molecule has 0 N–H and O–H groups in total. The third-order valence-corrected chi connectivity index (χ3v) is 6.48. The van der Waals surface area contributed by atoms with Gasteiger partial charge in [-0.25, -0.2) is 14.2 Å². The Hall–Kier alpha value is -5.03. The van der Waals surface area contributed by atoms with Gasteiger partial charge in [-0.05, 0) is 41.0 Å². The molecule has 4 aromatic carbocycles. The number of rotatable bonds is 3. The van der Waals surface area contributed by atoms with Crippen molar-refractivity contribution in [2.75, 3.05) is 0 Å². The molecule has 0 saturated carbocycles. The quantitative estimate of drug-likeness (QED) is 0.282. The van der Waals surface area contributed by atoms with Crippen LogP contribution in [0, 0.1) is 0 Å². The van der Waals surface area contributed by atoms with Gasteiger partial charge in [-0.3, -0.25) is 0 Å². The summed E-state index contributed by atoms with van der Waals surface area (Å²) >= 11 is 0. The van der Waals surface area contributed by atoms with Gasteiger partial charge >= 0.3 is 5.69 Å². The van der Waals surface area contributed by atoms with Crippen LogP contribution in [0.25, 0.3) is 61.4 Å². The van der Waals surface area contributed by atoms with Crippen LogP contribution in [-0.2, 0) is 0 Å². The van der Waals surface area contributed by atoms with Gasteiger partial charge in [0, 0.05) is 16.3 Å². The molecule has 0 saturated heterocycles. The van der Waals surface area contributed by atoms with E-state index in [9.17, 15) is 4.79 Å². The van der Waals surface area contributed by atoms with E-state index < -0.39 is 0 Å². The molecular formula is C31H19N3O2. The zero-order chi connectivity index (χ0) is 24.1. The Morgan fingerprint density at radius 1 is 0.611 bits per heavy atom. The van der Waals surface area contributed by atoms with Crippen LogP contribution in [0.3, 0.4) is 0 Å². The first kappa shape index (κ1) is 20.4. The number of benzene rings is 4. The van der Waals surface area contributed by atoms with Gasteiger partial charge in [-0.1, -0.05) is 91.0 Å². The fourth-order valence-corrected chi connectivity index (χ4v) is 4.84. The summed E-state index contributed by atoms with van der Waals surface area (Å²) in [5.74, 6) is 0.376. The maximum atomic E-state index is 13.5. The second-order valence-corrected chi connectivity index (χ2v) is 8.66. The average molecular weight is 466 g/mol. The van der Waals surface area contributed by atoms with Crippen LogP contribution in [0.2, 0.25) is 0 Å². The molecule has 7 aromatic rings. The maximum absolute atomic E-state index is 13.5. The third-order valence-electron chi connectivity index (χ3n) is 6.48. The molecule has 0 unspecified atom stereocenters. The van der Waals surface area contributed by atoms with Crippen LogP contribution in [0.1, 0.15) is 0 Å². The lowest BCUT2D eigenvalue weighted by molar-refractivity contribution is 0.669. The maximum Gasteiger partial charge on any atom is 0.355 e. The van der Waals surface area contributed by atoms with Crippen molar-refractivity contribution < 1.29 is 4.42 Å². The molecular weight excluding hydrogens is 446 g/mol. The van der Waals surface area contributed by atoms with Gasteiger partial charge in [-0.15, -0.1) is 0 Å². The van der Waals surface area contributed by atoms with E-state index in [1.165, 1.54) is 0 Å². The van der Waals surface area contributed by atoms with E-state index in [1.807, 2.05) is 103 Å². The minimum absolute atomic E-state index is 0.376. The van der Waals surface area contributed by atoms with E-state index in [-0.39, 0.29) is 5.69 Å². The van der Waals surface area contributed by atoms with Gasteiger partial charge in [0.05, 0.1) is 5.69 Å². The predicted octanol–water partition coefficient (Wildman–Crippen LogP) is 6.99. The minimum Gasteiger partial charge on any atom is -0.456 e. The second-order valence-electron chi connectivity index (χ2n) is 8.66. The molecule has 0 aliphatic heterocycles. The highest BCUT2D eigenvalue weighted by atomic mass is 16.3. The second kappa shape index (κ2) is 8.03. The van der Waals surface area contributed by atoms with Crippen LogP contribution < -0.4 is 5.69 Å². The topological polar surface area (TPSA) is 60.4 Å². The summed E-state index contributed by atoms with van der Waals surface area (Å²) in [6.07, 6.45) is 0. The average Bonchev–Trinajstić information content (AvgIpc) is 3.32. The highest BCUT2D eigenvalue weighted by Crippen LogP contribution is 2.35. The number of fused-ring (bicyclic) bond motifs is 4. The molecule has 0 radical (unpaired) electrons. The van der Waals surface area contributed by atoms with Crippen LogP contribution in [0.15, 0.2) is 124 Å². The zero-order valence-corrected chi connectivity index (χ0v) is 19.1. The molecule has 0 spiro atoms. The lowest BCUT2D eigenvalue weighted by Gasteiger charge is -2.13. The highest BCUT2D eigenvalue weighted by molar-refractivity contribution is 6.11. The number of furan rings is 1. The molecule has 0 fully saturated rings. The standard InChI is InChI=1S/C31H19N3O2/c35-31-33-30(24-15-9-17-27-29(24)23-14-7-8-16-26(23)36-27)32-28-19-22(20-10-3-1-4-11-20)18-25(34(28)31)21-12-5-2-6-13-21/h1-19H. The lowest BCUT2D eigenvalue weighted by Crippen LogP contribution is -2.21. The first-order valence-electron chi connectivity index (χ1n) is 11.7. The Labute approximate surface area is 205 Å². The first-order chi connectivity index (χ1) is 17.8. The summed E-state index contributed by atoms with van der Waals surface area (Å²) in [7, 11) is 0. The number of hydrogen-bond donors (Lipinski definition) is 0. The summed E-state index contributed by atoms with van der Waals surface area (Å²) in [5, 5.41) is 1.87. The van der Waals surface area contributed by atoms with Gasteiger partial charge in [0.25, 0.3) is 0 Å². The fourth-order valence-electron chi connectivity index (χ4n) is 4.84. The number of aromatic nitrogens is 3. The molecule has 7 rings (SSSR count). The monoisotopic (exact) mass is 465 g/mol. The Morgan fingerprint density at radius 3 is 2.11 bits per heavy atom. The van der Waals surface area contributed by atoms with Gasteiger partial charge in [-0.2, -0.15) is 4.98 Å². The summed E-state index contributed by atoms with van der Waals surface area (Å²) < 4.78 is 7.63. The van der Waals surface area contributed by atoms with Crippen LogP contribution in [0.4, 0.5) is 0 Å². The fraction of sp³-hybridized carbons (Fsp3) is 0. The van der Waals surface area contributed by atoms with E-state index in [0.717, 1.165) is 49.9 Å². The van der Waals surface area contributed by atoms with E-state index >= 15 is 0 Å². The molecule has 0 amide bonds. The molecule has 3 heterocycles. The van der Waals surface area contributed by atoms with Crippen LogP contribution >= 0.6 is 0 Å². The van der Waals surface area contributed by atoms with Gasteiger partial charge < -0.3 is 4.42 Å². The van der Waals surface area contributed by atoms with Crippen molar-refractivity contribution in [3.8, 4) is 33.8 Å². The van der Waals surface area contributed by atoms with Crippen molar-refractivity contribution in [2.45, 2.75) is 0 Å². The number of pyridine rings is 1. The molecule has 0 aliphatic carbocycles.